The molecular weight excluding hydrogens is 324 g/mol. The minimum atomic E-state index is -0.495. The number of aromatic nitrogens is 5. The van der Waals surface area contributed by atoms with E-state index in [0.717, 1.165) is 10.1 Å². The van der Waals surface area contributed by atoms with Crippen molar-refractivity contribution < 1.29 is 4.74 Å². The highest BCUT2D eigenvalue weighted by Crippen LogP contribution is 2.36. The molecule has 9 heteroatoms. The summed E-state index contributed by atoms with van der Waals surface area (Å²) in [4.78, 5) is 29.3. The molecule has 0 saturated heterocycles. The fraction of sp³-hybridized carbons (Fsp3) is 0.250. The Morgan fingerprint density at radius 3 is 2.52 bits per heavy atom. The second-order valence-electron chi connectivity index (χ2n) is 5.80. The second-order valence-corrected chi connectivity index (χ2v) is 5.80. The summed E-state index contributed by atoms with van der Waals surface area (Å²) >= 11 is 0. The van der Waals surface area contributed by atoms with Gasteiger partial charge in [-0.05, 0) is 17.7 Å². The topological polar surface area (TPSA) is 96.0 Å². The van der Waals surface area contributed by atoms with E-state index in [1.165, 1.54) is 17.9 Å². The first kappa shape index (κ1) is 15.2. The lowest BCUT2D eigenvalue weighted by Gasteiger charge is -2.28. The zero-order chi connectivity index (χ0) is 17.7. The summed E-state index contributed by atoms with van der Waals surface area (Å²) in [6.45, 7) is 0. The van der Waals surface area contributed by atoms with Gasteiger partial charge in [0.25, 0.3) is 5.56 Å². The summed E-state index contributed by atoms with van der Waals surface area (Å²) in [5, 5.41) is 7.29. The Morgan fingerprint density at radius 2 is 1.84 bits per heavy atom. The maximum atomic E-state index is 12.8. The quantitative estimate of drug-likeness (QED) is 0.567. The number of nitrogens with zero attached hydrogens (tertiary/aromatic N) is 5. The number of methoxy groups -OCH3 is 1. The van der Waals surface area contributed by atoms with E-state index in [1.807, 2.05) is 24.3 Å². The molecule has 25 heavy (non-hydrogen) atoms. The van der Waals surface area contributed by atoms with Gasteiger partial charge in [0.05, 0.1) is 12.7 Å². The number of nitrogens with one attached hydrogen (secondary N) is 1. The van der Waals surface area contributed by atoms with Gasteiger partial charge in [0, 0.05) is 14.1 Å². The molecule has 3 aromatic rings. The van der Waals surface area contributed by atoms with Crippen LogP contribution in [-0.4, -0.2) is 31.0 Å². The Kier molecular flexibility index (Phi) is 3.24. The van der Waals surface area contributed by atoms with Crippen molar-refractivity contribution in [3.05, 3.63) is 62.6 Å². The van der Waals surface area contributed by atoms with Gasteiger partial charge in [-0.2, -0.15) is 10.1 Å². The SMILES string of the molecule is COc1ccc(C2c3c(n(C)c(=O)n(C)c3=O)Nc3ncnn32)cc1. The molecule has 0 radical (unpaired) electrons. The van der Waals surface area contributed by atoms with Crippen LogP contribution >= 0.6 is 0 Å². The average molecular weight is 340 g/mol. The van der Waals surface area contributed by atoms with Crippen LogP contribution in [0.15, 0.2) is 40.2 Å². The third-order valence-corrected chi connectivity index (χ3v) is 4.45. The Bertz CT molecular complexity index is 1080. The first-order valence-corrected chi connectivity index (χ1v) is 7.63. The monoisotopic (exact) mass is 340 g/mol. The maximum absolute atomic E-state index is 12.8. The lowest BCUT2D eigenvalue weighted by atomic mass is 9.98. The normalized spacial score (nSPS) is 15.2. The number of fused-ring (bicyclic) bond motifs is 2. The molecule has 0 amide bonds. The van der Waals surface area contributed by atoms with Crippen LogP contribution in [-0.2, 0) is 14.1 Å². The van der Waals surface area contributed by atoms with Crippen LogP contribution in [0.3, 0.4) is 0 Å². The molecule has 1 atom stereocenters. The molecular formula is C16H16N6O3. The smallest absolute Gasteiger partial charge is 0.332 e. The van der Waals surface area contributed by atoms with Gasteiger partial charge in [-0.25, -0.2) is 9.48 Å². The van der Waals surface area contributed by atoms with E-state index < -0.39 is 11.7 Å². The predicted molar refractivity (Wildman–Crippen MR) is 90.5 cm³/mol. The number of anilines is 2. The number of hydrogen-bond acceptors (Lipinski definition) is 6. The van der Waals surface area contributed by atoms with Gasteiger partial charge in [0.2, 0.25) is 5.95 Å². The molecule has 0 spiro atoms. The van der Waals surface area contributed by atoms with Crippen LogP contribution in [0.4, 0.5) is 11.8 Å². The highest BCUT2D eigenvalue weighted by molar-refractivity contribution is 5.60. The molecule has 2 aromatic heterocycles. The van der Waals surface area contributed by atoms with E-state index in [1.54, 1.807) is 18.8 Å². The van der Waals surface area contributed by atoms with Gasteiger partial charge in [0.1, 0.15) is 23.9 Å². The van der Waals surface area contributed by atoms with E-state index >= 15 is 0 Å². The fourth-order valence-corrected chi connectivity index (χ4v) is 3.12. The minimum absolute atomic E-state index is 0.368. The zero-order valence-electron chi connectivity index (χ0n) is 13.9. The molecule has 1 aliphatic heterocycles. The van der Waals surface area contributed by atoms with Gasteiger partial charge in [-0.1, -0.05) is 12.1 Å². The molecule has 0 bridgehead atoms. The van der Waals surface area contributed by atoms with Crippen LogP contribution in [0.5, 0.6) is 5.75 Å². The van der Waals surface area contributed by atoms with Crippen molar-refractivity contribution in [3.63, 3.8) is 0 Å². The van der Waals surface area contributed by atoms with Gasteiger partial charge < -0.3 is 10.1 Å². The molecule has 1 N–H and O–H groups in total. The van der Waals surface area contributed by atoms with Crippen LogP contribution < -0.4 is 21.3 Å². The summed E-state index contributed by atoms with van der Waals surface area (Å²) < 4.78 is 9.34. The summed E-state index contributed by atoms with van der Waals surface area (Å²) in [5.74, 6) is 1.61. The van der Waals surface area contributed by atoms with Crippen molar-refractivity contribution >= 4 is 11.8 Å². The van der Waals surface area contributed by atoms with Crippen molar-refractivity contribution in [3.8, 4) is 5.75 Å². The van der Waals surface area contributed by atoms with Crippen LogP contribution in [0.2, 0.25) is 0 Å². The van der Waals surface area contributed by atoms with Crippen LogP contribution in [0, 0.1) is 0 Å². The lowest BCUT2D eigenvalue weighted by Crippen LogP contribution is -2.43. The van der Waals surface area contributed by atoms with Crippen molar-refractivity contribution in [2.75, 3.05) is 12.4 Å². The van der Waals surface area contributed by atoms with Crippen molar-refractivity contribution in [1.29, 1.82) is 0 Å². The summed E-state index contributed by atoms with van der Waals surface area (Å²) in [5.41, 5.74) is 0.504. The van der Waals surface area contributed by atoms with Gasteiger partial charge in [-0.3, -0.25) is 13.9 Å². The van der Waals surface area contributed by atoms with E-state index in [0.29, 0.717) is 23.1 Å². The van der Waals surface area contributed by atoms with Crippen LogP contribution in [0.25, 0.3) is 0 Å². The number of benzene rings is 1. The van der Waals surface area contributed by atoms with Crippen LogP contribution in [0.1, 0.15) is 17.2 Å². The highest BCUT2D eigenvalue weighted by Gasteiger charge is 2.33. The Labute approximate surface area is 142 Å². The number of hydrogen-bond donors (Lipinski definition) is 1. The molecule has 9 nitrogen and oxygen atoms in total. The molecule has 1 aromatic carbocycles. The standard InChI is InChI=1S/C16H16N6O3/c1-20-13-11(14(23)21(2)16(20)24)12(22-15(19-13)17-8-18-22)9-4-6-10(25-3)7-5-9/h4-8,12H,1-3H3,(H,17,18,19). The number of ether oxygens (including phenoxy) is 1. The first-order valence-electron chi connectivity index (χ1n) is 7.63. The minimum Gasteiger partial charge on any atom is -0.497 e. The van der Waals surface area contributed by atoms with Crippen molar-refractivity contribution in [2.45, 2.75) is 6.04 Å². The Hall–Kier alpha value is -3.36. The second kappa shape index (κ2) is 5.33. The molecule has 3 heterocycles. The Balaban J connectivity index is 2.03. The molecule has 128 valence electrons. The van der Waals surface area contributed by atoms with E-state index in [-0.39, 0.29) is 5.56 Å². The third kappa shape index (κ3) is 2.09. The van der Waals surface area contributed by atoms with E-state index in [2.05, 4.69) is 15.4 Å². The fourth-order valence-electron chi connectivity index (χ4n) is 3.12. The number of rotatable bonds is 2. The molecule has 1 aliphatic rings. The Morgan fingerprint density at radius 1 is 1.12 bits per heavy atom. The van der Waals surface area contributed by atoms with Crippen molar-refractivity contribution in [1.82, 2.24) is 23.9 Å². The lowest BCUT2D eigenvalue weighted by molar-refractivity contribution is 0.414. The molecule has 4 rings (SSSR count). The maximum Gasteiger partial charge on any atom is 0.332 e. The van der Waals surface area contributed by atoms with Gasteiger partial charge in [0.15, 0.2) is 0 Å². The zero-order valence-corrected chi connectivity index (χ0v) is 13.9. The van der Waals surface area contributed by atoms with Gasteiger partial charge >= 0.3 is 5.69 Å². The van der Waals surface area contributed by atoms with Crippen molar-refractivity contribution in [2.24, 2.45) is 14.1 Å². The summed E-state index contributed by atoms with van der Waals surface area (Å²) in [7, 11) is 4.67. The highest BCUT2D eigenvalue weighted by atomic mass is 16.5. The predicted octanol–water partition coefficient (Wildman–Crippen LogP) is 0.379. The molecule has 1 unspecified atom stereocenters. The first-order chi connectivity index (χ1) is 12.0. The molecule has 0 fully saturated rings. The van der Waals surface area contributed by atoms with E-state index in [4.69, 9.17) is 4.74 Å². The van der Waals surface area contributed by atoms with E-state index in [9.17, 15) is 9.59 Å². The molecule has 0 aliphatic carbocycles. The van der Waals surface area contributed by atoms with Gasteiger partial charge in [-0.15, -0.1) is 0 Å². The average Bonchev–Trinajstić information content (AvgIpc) is 3.11. The summed E-state index contributed by atoms with van der Waals surface area (Å²) in [6.07, 6.45) is 1.41. The summed E-state index contributed by atoms with van der Waals surface area (Å²) in [6, 6.07) is 6.88. The molecule has 0 saturated carbocycles. The largest absolute Gasteiger partial charge is 0.497 e. The third-order valence-electron chi connectivity index (χ3n) is 4.45.